The molecule has 1 aromatic carbocycles. The van der Waals surface area contributed by atoms with E-state index in [4.69, 9.17) is 4.74 Å². The quantitative estimate of drug-likeness (QED) is 0.812. The van der Waals surface area contributed by atoms with Gasteiger partial charge in [-0.15, -0.1) is 0 Å². The molecular weight excluding hydrogens is 234 g/mol. The minimum atomic E-state index is 0.188. The van der Waals surface area contributed by atoms with Gasteiger partial charge in [0.25, 0.3) is 0 Å². The van der Waals surface area contributed by atoms with Crippen molar-refractivity contribution in [2.45, 2.75) is 57.9 Å². The van der Waals surface area contributed by atoms with Gasteiger partial charge in [0.2, 0.25) is 0 Å². The van der Waals surface area contributed by atoms with Crippen LogP contribution in [0.25, 0.3) is 0 Å². The third kappa shape index (κ3) is 4.54. The van der Waals surface area contributed by atoms with E-state index in [2.05, 4.69) is 50.4 Å². The van der Waals surface area contributed by atoms with Gasteiger partial charge in [-0.3, -0.25) is 0 Å². The zero-order chi connectivity index (χ0) is 13.7. The predicted molar refractivity (Wildman–Crippen MR) is 80.9 cm³/mol. The lowest BCUT2D eigenvalue weighted by molar-refractivity contribution is 0.298. The molecule has 1 aliphatic rings. The number of hydrogen-bond donors (Lipinski definition) is 1. The first-order valence-electron chi connectivity index (χ1n) is 7.52. The molecule has 2 heteroatoms. The van der Waals surface area contributed by atoms with E-state index < -0.39 is 0 Å². The zero-order valence-electron chi connectivity index (χ0n) is 12.5. The first kappa shape index (κ1) is 14.4. The first-order chi connectivity index (χ1) is 9.05. The van der Waals surface area contributed by atoms with Gasteiger partial charge in [0.1, 0.15) is 5.75 Å². The Balaban J connectivity index is 1.76. The summed E-state index contributed by atoms with van der Waals surface area (Å²) in [5, 5.41) is 3.53. The van der Waals surface area contributed by atoms with E-state index in [9.17, 15) is 0 Å². The van der Waals surface area contributed by atoms with Gasteiger partial charge in [0, 0.05) is 6.04 Å². The van der Waals surface area contributed by atoms with Crippen molar-refractivity contribution in [1.82, 2.24) is 5.32 Å². The topological polar surface area (TPSA) is 21.3 Å². The Bertz CT molecular complexity index is 388. The fraction of sp³-hybridized carbons (Fsp3) is 0.647. The normalized spacial score (nSPS) is 19.6. The molecule has 2 nitrogen and oxygen atoms in total. The largest absolute Gasteiger partial charge is 0.494 e. The summed E-state index contributed by atoms with van der Waals surface area (Å²) in [5.74, 6) is 1.01. The monoisotopic (exact) mass is 261 g/mol. The second-order valence-corrected chi connectivity index (χ2v) is 6.56. The SMILES string of the molecule is CC(C)(C)c1cccc(OCCCC2CCCN2)c1. The minimum absolute atomic E-state index is 0.188. The van der Waals surface area contributed by atoms with Gasteiger partial charge in [-0.25, -0.2) is 0 Å². The molecule has 0 aliphatic carbocycles. The van der Waals surface area contributed by atoms with Crippen LogP contribution in [0.1, 0.15) is 52.0 Å². The molecule has 1 N–H and O–H groups in total. The highest BCUT2D eigenvalue weighted by Gasteiger charge is 2.14. The van der Waals surface area contributed by atoms with Crippen LogP contribution in [0, 0.1) is 0 Å². The van der Waals surface area contributed by atoms with E-state index in [-0.39, 0.29) is 5.41 Å². The van der Waals surface area contributed by atoms with Crippen molar-refractivity contribution in [1.29, 1.82) is 0 Å². The van der Waals surface area contributed by atoms with Crippen LogP contribution in [0.2, 0.25) is 0 Å². The molecule has 0 radical (unpaired) electrons. The van der Waals surface area contributed by atoms with E-state index in [0.717, 1.165) is 24.8 Å². The maximum Gasteiger partial charge on any atom is 0.119 e. The number of hydrogen-bond acceptors (Lipinski definition) is 2. The Kier molecular flexibility index (Phi) is 4.87. The summed E-state index contributed by atoms with van der Waals surface area (Å²) < 4.78 is 5.87. The van der Waals surface area contributed by atoms with Crippen molar-refractivity contribution < 1.29 is 4.74 Å². The van der Waals surface area contributed by atoms with Crippen LogP contribution >= 0.6 is 0 Å². The molecule has 1 saturated heterocycles. The van der Waals surface area contributed by atoms with E-state index in [0.29, 0.717) is 0 Å². The first-order valence-corrected chi connectivity index (χ1v) is 7.52. The molecule has 0 aromatic heterocycles. The third-order valence-electron chi connectivity index (χ3n) is 3.83. The van der Waals surface area contributed by atoms with Crippen LogP contribution in [0.3, 0.4) is 0 Å². The van der Waals surface area contributed by atoms with Crippen molar-refractivity contribution in [3.63, 3.8) is 0 Å². The van der Waals surface area contributed by atoms with Crippen molar-refractivity contribution >= 4 is 0 Å². The highest BCUT2D eigenvalue weighted by atomic mass is 16.5. The zero-order valence-corrected chi connectivity index (χ0v) is 12.5. The van der Waals surface area contributed by atoms with Crippen molar-refractivity contribution in [2.75, 3.05) is 13.2 Å². The van der Waals surface area contributed by atoms with E-state index in [1.54, 1.807) is 0 Å². The Morgan fingerprint density at radius 2 is 2.16 bits per heavy atom. The van der Waals surface area contributed by atoms with Crippen LogP contribution in [0.4, 0.5) is 0 Å². The molecule has 1 unspecified atom stereocenters. The van der Waals surface area contributed by atoms with Crippen LogP contribution in [0.15, 0.2) is 24.3 Å². The average molecular weight is 261 g/mol. The number of benzene rings is 1. The highest BCUT2D eigenvalue weighted by Crippen LogP contribution is 2.25. The lowest BCUT2D eigenvalue weighted by Gasteiger charge is -2.20. The van der Waals surface area contributed by atoms with Crippen LogP contribution in [0.5, 0.6) is 5.75 Å². The molecule has 19 heavy (non-hydrogen) atoms. The molecule has 1 aromatic rings. The molecule has 106 valence electrons. The molecule has 0 amide bonds. The summed E-state index contributed by atoms with van der Waals surface area (Å²) in [6.45, 7) is 8.72. The summed E-state index contributed by atoms with van der Waals surface area (Å²) in [7, 11) is 0. The summed E-state index contributed by atoms with van der Waals surface area (Å²) in [6, 6.07) is 9.23. The van der Waals surface area contributed by atoms with Crippen molar-refractivity contribution in [2.24, 2.45) is 0 Å². The molecule has 0 bridgehead atoms. The second-order valence-electron chi connectivity index (χ2n) is 6.56. The fourth-order valence-electron chi connectivity index (χ4n) is 2.58. The Labute approximate surface area is 117 Å². The molecule has 0 saturated carbocycles. The summed E-state index contributed by atoms with van der Waals surface area (Å²) >= 11 is 0. The van der Waals surface area contributed by atoms with Crippen molar-refractivity contribution in [3.8, 4) is 5.75 Å². The van der Waals surface area contributed by atoms with Gasteiger partial charge in [-0.2, -0.15) is 0 Å². The van der Waals surface area contributed by atoms with E-state index in [1.165, 1.54) is 31.4 Å². The maximum absolute atomic E-state index is 5.87. The lowest BCUT2D eigenvalue weighted by atomic mass is 9.87. The third-order valence-corrected chi connectivity index (χ3v) is 3.83. The molecule has 0 spiro atoms. The summed E-state index contributed by atoms with van der Waals surface area (Å²) in [6.07, 6.45) is 5.04. The standard InChI is InChI=1S/C17H27NO/c1-17(2,3)14-7-4-10-16(13-14)19-12-6-9-15-8-5-11-18-15/h4,7,10,13,15,18H,5-6,8-9,11-12H2,1-3H3. The molecule has 1 aliphatic heterocycles. The van der Waals surface area contributed by atoms with Gasteiger partial charge in [-0.1, -0.05) is 32.9 Å². The predicted octanol–water partition coefficient (Wildman–Crippen LogP) is 3.90. The molecule has 1 heterocycles. The smallest absolute Gasteiger partial charge is 0.119 e. The van der Waals surface area contributed by atoms with Gasteiger partial charge in [0.15, 0.2) is 0 Å². The van der Waals surface area contributed by atoms with Crippen LogP contribution < -0.4 is 10.1 Å². The highest BCUT2D eigenvalue weighted by molar-refractivity contribution is 5.32. The van der Waals surface area contributed by atoms with Crippen LogP contribution in [-0.2, 0) is 5.41 Å². The van der Waals surface area contributed by atoms with Gasteiger partial charge >= 0.3 is 0 Å². The van der Waals surface area contributed by atoms with Gasteiger partial charge < -0.3 is 10.1 Å². The average Bonchev–Trinajstić information content (AvgIpc) is 2.87. The fourth-order valence-corrected chi connectivity index (χ4v) is 2.58. The summed E-state index contributed by atoms with van der Waals surface area (Å²) in [5.41, 5.74) is 1.52. The van der Waals surface area contributed by atoms with Gasteiger partial charge in [-0.05, 0) is 55.3 Å². The Morgan fingerprint density at radius 1 is 1.32 bits per heavy atom. The molecule has 2 rings (SSSR count). The number of ether oxygens (including phenoxy) is 1. The minimum Gasteiger partial charge on any atom is -0.494 e. The second kappa shape index (κ2) is 6.42. The Hall–Kier alpha value is -1.02. The van der Waals surface area contributed by atoms with Crippen molar-refractivity contribution in [3.05, 3.63) is 29.8 Å². The molecular formula is C17H27NO. The lowest BCUT2D eigenvalue weighted by Crippen LogP contribution is -2.21. The van der Waals surface area contributed by atoms with Gasteiger partial charge in [0.05, 0.1) is 6.61 Å². The maximum atomic E-state index is 5.87. The number of nitrogens with one attached hydrogen (secondary N) is 1. The molecule has 1 fully saturated rings. The van der Waals surface area contributed by atoms with E-state index >= 15 is 0 Å². The van der Waals surface area contributed by atoms with E-state index in [1.807, 2.05) is 0 Å². The number of rotatable bonds is 5. The summed E-state index contributed by atoms with van der Waals surface area (Å²) in [4.78, 5) is 0. The Morgan fingerprint density at radius 3 is 2.84 bits per heavy atom. The molecule has 1 atom stereocenters. The van der Waals surface area contributed by atoms with Crippen LogP contribution in [-0.4, -0.2) is 19.2 Å².